The first-order chi connectivity index (χ1) is 6.38. The van der Waals surface area contributed by atoms with Crippen LogP contribution < -0.4 is 0 Å². The summed E-state index contributed by atoms with van der Waals surface area (Å²) < 4.78 is 5.39. The van der Waals surface area contributed by atoms with E-state index >= 15 is 0 Å². The van der Waals surface area contributed by atoms with E-state index in [2.05, 4.69) is 6.92 Å². The Kier molecular flexibility index (Phi) is 4.47. The molecule has 2 nitrogen and oxygen atoms in total. The molecule has 0 N–H and O–H groups in total. The molecule has 1 saturated heterocycles. The second-order valence-electron chi connectivity index (χ2n) is 3.19. The summed E-state index contributed by atoms with van der Waals surface area (Å²) in [4.78, 5) is 9.92. The maximum Gasteiger partial charge on any atom is 0.142 e. The third-order valence-electron chi connectivity index (χ3n) is 2.07. The first kappa shape index (κ1) is 10.2. The van der Waals surface area contributed by atoms with E-state index in [0.29, 0.717) is 12.2 Å². The molecule has 1 aliphatic rings. The molecule has 2 heteroatoms. The minimum Gasteiger partial charge on any atom is -0.365 e. The summed E-state index contributed by atoms with van der Waals surface area (Å²) in [5, 5.41) is 0. The van der Waals surface area contributed by atoms with E-state index in [0.717, 1.165) is 12.7 Å². The Labute approximate surface area is 79.3 Å². The molecule has 1 unspecified atom stereocenters. The normalized spacial score (nSPS) is 27.2. The molecule has 1 fully saturated rings. The van der Waals surface area contributed by atoms with Crippen molar-refractivity contribution in [1.82, 2.24) is 0 Å². The summed E-state index contributed by atoms with van der Waals surface area (Å²) in [6, 6.07) is 0. The summed E-state index contributed by atoms with van der Waals surface area (Å²) in [7, 11) is 0. The van der Waals surface area contributed by atoms with Crippen LogP contribution in [0.15, 0.2) is 24.3 Å². The summed E-state index contributed by atoms with van der Waals surface area (Å²) >= 11 is 0. The Bertz CT molecular complexity index is 206. The summed E-state index contributed by atoms with van der Waals surface area (Å²) in [6.45, 7) is 2.18. The Morgan fingerprint density at radius 2 is 2.15 bits per heavy atom. The maximum atomic E-state index is 9.92. The minimum atomic E-state index is 0.294. The van der Waals surface area contributed by atoms with Crippen molar-refractivity contribution in [2.45, 2.75) is 38.4 Å². The van der Waals surface area contributed by atoms with Crippen LogP contribution in [0.5, 0.6) is 0 Å². The van der Waals surface area contributed by atoms with Crippen molar-refractivity contribution in [3.8, 4) is 0 Å². The zero-order valence-corrected chi connectivity index (χ0v) is 7.98. The predicted molar refractivity (Wildman–Crippen MR) is 52.5 cm³/mol. The van der Waals surface area contributed by atoms with Gasteiger partial charge in [-0.25, -0.2) is 0 Å². The van der Waals surface area contributed by atoms with Gasteiger partial charge in [0.25, 0.3) is 0 Å². The quantitative estimate of drug-likeness (QED) is 0.271. The zero-order chi connectivity index (χ0) is 9.52. The number of hydrogen-bond donors (Lipinski definition) is 0. The van der Waals surface area contributed by atoms with Crippen LogP contribution in [0.1, 0.15) is 26.2 Å². The summed E-state index contributed by atoms with van der Waals surface area (Å²) in [5.74, 6) is 0. The largest absolute Gasteiger partial charge is 0.365 e. The van der Waals surface area contributed by atoms with E-state index in [9.17, 15) is 4.79 Å². The molecule has 0 aromatic rings. The average Bonchev–Trinajstić information content (AvgIpc) is 2.88. The smallest absolute Gasteiger partial charge is 0.142 e. The fraction of sp³-hybridized carbons (Fsp3) is 0.545. The summed E-state index contributed by atoms with van der Waals surface area (Å²) in [5.41, 5.74) is 0. The molecule has 13 heavy (non-hydrogen) atoms. The van der Waals surface area contributed by atoms with E-state index in [4.69, 9.17) is 4.74 Å². The monoisotopic (exact) mass is 180 g/mol. The number of aldehydes is 1. The molecule has 1 heterocycles. The van der Waals surface area contributed by atoms with Crippen LogP contribution in [0.3, 0.4) is 0 Å². The van der Waals surface area contributed by atoms with Crippen LogP contribution in [0, 0.1) is 0 Å². The number of carbonyl (C=O) groups excluding carboxylic acids is 1. The molecule has 0 amide bonds. The van der Waals surface area contributed by atoms with E-state index in [1.807, 2.05) is 12.2 Å². The van der Waals surface area contributed by atoms with Crippen molar-refractivity contribution in [3.63, 3.8) is 0 Å². The second kappa shape index (κ2) is 5.70. The Morgan fingerprint density at radius 1 is 1.31 bits per heavy atom. The third kappa shape index (κ3) is 4.04. The van der Waals surface area contributed by atoms with Gasteiger partial charge in [-0.05, 0) is 12.5 Å². The number of hydrogen-bond acceptors (Lipinski definition) is 2. The number of unbranched alkanes of at least 4 members (excludes halogenated alkanes) is 1. The molecule has 72 valence electrons. The van der Waals surface area contributed by atoms with Gasteiger partial charge in [-0.15, -0.1) is 0 Å². The molecule has 0 bridgehead atoms. The molecule has 2 atom stereocenters. The topological polar surface area (TPSA) is 29.6 Å². The highest BCUT2D eigenvalue weighted by molar-refractivity contribution is 5.65. The van der Waals surface area contributed by atoms with Gasteiger partial charge < -0.3 is 4.74 Å². The molecule has 0 aromatic carbocycles. The van der Waals surface area contributed by atoms with E-state index in [1.54, 1.807) is 6.08 Å². The number of carbonyl (C=O) groups is 1. The lowest BCUT2D eigenvalue weighted by atomic mass is 10.1. The van der Waals surface area contributed by atoms with Crippen molar-refractivity contribution in [2.24, 2.45) is 0 Å². The first-order valence-electron chi connectivity index (χ1n) is 4.82. The SMILES string of the molecule is CCCC[C@@H]1OC1C=CC=CC=O. The Hall–Kier alpha value is -0.890. The highest BCUT2D eigenvalue weighted by Gasteiger charge is 2.34. The van der Waals surface area contributed by atoms with Gasteiger partial charge in [0.05, 0.1) is 6.10 Å². The van der Waals surface area contributed by atoms with Crippen molar-refractivity contribution in [3.05, 3.63) is 24.3 Å². The van der Waals surface area contributed by atoms with Crippen LogP contribution in [-0.2, 0) is 9.53 Å². The van der Waals surface area contributed by atoms with Gasteiger partial charge in [-0.2, -0.15) is 0 Å². The molecule has 0 saturated carbocycles. The maximum absolute atomic E-state index is 9.92. The van der Waals surface area contributed by atoms with Crippen LogP contribution >= 0.6 is 0 Å². The van der Waals surface area contributed by atoms with Gasteiger partial charge in [-0.3, -0.25) is 4.79 Å². The number of rotatable bonds is 6. The van der Waals surface area contributed by atoms with Crippen LogP contribution in [0.25, 0.3) is 0 Å². The fourth-order valence-electron chi connectivity index (χ4n) is 1.25. The molecular formula is C11H16O2. The molecule has 1 aliphatic heterocycles. The molecule has 0 spiro atoms. The van der Waals surface area contributed by atoms with E-state index in [-0.39, 0.29) is 0 Å². The number of ether oxygens (including phenoxy) is 1. The van der Waals surface area contributed by atoms with E-state index < -0.39 is 0 Å². The van der Waals surface area contributed by atoms with Gasteiger partial charge >= 0.3 is 0 Å². The van der Waals surface area contributed by atoms with Crippen LogP contribution in [0.2, 0.25) is 0 Å². The standard InChI is InChI=1S/C11H16O2/c1-2-3-7-10-11(13-10)8-5-4-6-9-12/h4-6,8-11H,2-3,7H2,1H3/t10-,11?/m0/s1. The number of allylic oxidation sites excluding steroid dienone is 3. The lowest BCUT2D eigenvalue weighted by Gasteiger charge is -1.88. The van der Waals surface area contributed by atoms with Gasteiger partial charge in [-0.1, -0.05) is 38.0 Å². The van der Waals surface area contributed by atoms with Crippen LogP contribution in [-0.4, -0.2) is 18.5 Å². The third-order valence-corrected chi connectivity index (χ3v) is 2.07. The summed E-state index contributed by atoms with van der Waals surface area (Å²) in [6.07, 6.45) is 12.2. The lowest BCUT2D eigenvalue weighted by Crippen LogP contribution is -1.89. The predicted octanol–water partition coefficient (Wildman–Crippen LogP) is 2.26. The van der Waals surface area contributed by atoms with Crippen molar-refractivity contribution in [2.75, 3.05) is 0 Å². The Balaban J connectivity index is 2.09. The Morgan fingerprint density at radius 3 is 2.85 bits per heavy atom. The van der Waals surface area contributed by atoms with Gasteiger partial charge in [0.1, 0.15) is 12.4 Å². The van der Waals surface area contributed by atoms with Gasteiger partial charge in [0.2, 0.25) is 0 Å². The molecule has 0 aliphatic carbocycles. The molecule has 0 radical (unpaired) electrons. The second-order valence-corrected chi connectivity index (χ2v) is 3.19. The molecule has 1 rings (SSSR count). The minimum absolute atomic E-state index is 0.294. The number of epoxide rings is 1. The van der Waals surface area contributed by atoms with Crippen LogP contribution in [0.4, 0.5) is 0 Å². The molecule has 0 aromatic heterocycles. The average molecular weight is 180 g/mol. The van der Waals surface area contributed by atoms with E-state index in [1.165, 1.54) is 18.9 Å². The fourth-order valence-corrected chi connectivity index (χ4v) is 1.25. The highest BCUT2D eigenvalue weighted by atomic mass is 16.6. The van der Waals surface area contributed by atoms with Gasteiger partial charge in [0, 0.05) is 0 Å². The molecular weight excluding hydrogens is 164 g/mol. The van der Waals surface area contributed by atoms with Crippen molar-refractivity contribution >= 4 is 6.29 Å². The van der Waals surface area contributed by atoms with Crippen molar-refractivity contribution in [1.29, 1.82) is 0 Å². The zero-order valence-electron chi connectivity index (χ0n) is 7.98. The first-order valence-corrected chi connectivity index (χ1v) is 4.82. The van der Waals surface area contributed by atoms with Crippen molar-refractivity contribution < 1.29 is 9.53 Å². The lowest BCUT2D eigenvalue weighted by molar-refractivity contribution is -0.104. The highest BCUT2D eigenvalue weighted by Crippen LogP contribution is 2.27. The van der Waals surface area contributed by atoms with Gasteiger partial charge in [0.15, 0.2) is 0 Å².